The summed E-state index contributed by atoms with van der Waals surface area (Å²) in [4.78, 5) is 14.1. The first-order chi connectivity index (χ1) is 8.22. The van der Waals surface area contributed by atoms with Crippen LogP contribution < -0.4 is 0 Å². The van der Waals surface area contributed by atoms with E-state index in [9.17, 15) is 4.79 Å². The summed E-state index contributed by atoms with van der Waals surface area (Å²) in [5, 5.41) is 0. The van der Waals surface area contributed by atoms with Gasteiger partial charge in [0.05, 0.1) is 13.0 Å². The Labute approximate surface area is 102 Å². The van der Waals surface area contributed by atoms with Gasteiger partial charge in [0.2, 0.25) is 0 Å². The Morgan fingerprint density at radius 3 is 2.71 bits per heavy atom. The molecule has 0 aliphatic carbocycles. The highest BCUT2D eigenvalue weighted by Gasteiger charge is 2.34. The minimum Gasteiger partial charge on any atom is -0.469 e. The number of methoxy groups -OCH3 is 1. The molecule has 1 heterocycles. The van der Waals surface area contributed by atoms with E-state index in [4.69, 9.17) is 4.74 Å². The molecule has 1 aliphatic heterocycles. The Bertz CT molecular complexity index is 377. The van der Waals surface area contributed by atoms with Crippen molar-refractivity contribution in [3.8, 4) is 0 Å². The number of likely N-dealkylation sites (tertiary alicyclic amines) is 1. The number of carbonyl (C=O) groups excluding carboxylic acids is 1. The van der Waals surface area contributed by atoms with Gasteiger partial charge in [0.25, 0.3) is 0 Å². The summed E-state index contributed by atoms with van der Waals surface area (Å²) in [5.41, 5.74) is 1.23. The van der Waals surface area contributed by atoms with Crippen LogP contribution >= 0.6 is 0 Å². The zero-order valence-electron chi connectivity index (χ0n) is 10.4. The molecule has 0 unspecified atom stereocenters. The second-order valence-electron chi connectivity index (χ2n) is 4.70. The molecule has 0 amide bonds. The third-order valence-corrected chi connectivity index (χ3v) is 3.55. The van der Waals surface area contributed by atoms with Gasteiger partial charge in [-0.3, -0.25) is 4.79 Å². The molecular formula is C14H19NO2. The molecule has 1 aromatic rings. The number of hydrogen-bond donors (Lipinski definition) is 0. The summed E-state index contributed by atoms with van der Waals surface area (Å²) in [7, 11) is 3.58. The first-order valence-electron chi connectivity index (χ1n) is 6.03. The number of hydrogen-bond acceptors (Lipinski definition) is 3. The zero-order chi connectivity index (χ0) is 12.3. The van der Waals surface area contributed by atoms with E-state index in [1.165, 1.54) is 12.7 Å². The van der Waals surface area contributed by atoms with E-state index in [2.05, 4.69) is 24.1 Å². The van der Waals surface area contributed by atoms with E-state index in [1.54, 1.807) is 0 Å². The van der Waals surface area contributed by atoms with Crippen LogP contribution in [0.5, 0.6) is 0 Å². The van der Waals surface area contributed by atoms with Crippen molar-refractivity contribution >= 4 is 5.97 Å². The zero-order valence-corrected chi connectivity index (χ0v) is 10.4. The monoisotopic (exact) mass is 233 g/mol. The van der Waals surface area contributed by atoms with E-state index in [1.807, 2.05) is 18.2 Å². The number of likely N-dealkylation sites (N-methyl/N-ethyl adjacent to an activating group) is 1. The van der Waals surface area contributed by atoms with Crippen LogP contribution in [0.15, 0.2) is 30.3 Å². The Morgan fingerprint density at radius 2 is 2.06 bits per heavy atom. The third kappa shape index (κ3) is 2.67. The summed E-state index contributed by atoms with van der Waals surface area (Å²) < 4.78 is 4.92. The molecule has 0 radical (unpaired) electrons. The van der Waals surface area contributed by atoms with Gasteiger partial charge in [-0.1, -0.05) is 30.3 Å². The summed E-state index contributed by atoms with van der Waals surface area (Å²) in [6.07, 6.45) is 0.878. The van der Waals surface area contributed by atoms with Crippen LogP contribution in [0.25, 0.3) is 0 Å². The predicted molar refractivity (Wildman–Crippen MR) is 66.8 cm³/mol. The molecule has 92 valence electrons. The second-order valence-corrected chi connectivity index (χ2v) is 4.70. The lowest BCUT2D eigenvalue weighted by molar-refractivity contribution is -0.147. The number of piperidine rings is 1. The molecule has 1 aliphatic rings. The summed E-state index contributed by atoms with van der Waals surface area (Å²) >= 11 is 0. The van der Waals surface area contributed by atoms with Crippen LogP contribution in [0, 0.1) is 5.92 Å². The predicted octanol–water partition coefficient (Wildman–Crippen LogP) is 1.89. The summed E-state index contributed by atoms with van der Waals surface area (Å²) in [6.45, 7) is 1.88. The van der Waals surface area contributed by atoms with Gasteiger partial charge >= 0.3 is 5.97 Å². The number of esters is 1. The first-order valence-corrected chi connectivity index (χ1v) is 6.03. The molecule has 0 saturated carbocycles. The topological polar surface area (TPSA) is 29.5 Å². The van der Waals surface area contributed by atoms with Crippen LogP contribution in [-0.4, -0.2) is 38.1 Å². The Balaban J connectivity index is 2.23. The maximum atomic E-state index is 11.8. The molecule has 1 aromatic carbocycles. The lowest BCUT2D eigenvalue weighted by Gasteiger charge is -2.35. The largest absolute Gasteiger partial charge is 0.469 e. The van der Waals surface area contributed by atoms with Crippen molar-refractivity contribution in [1.82, 2.24) is 4.90 Å². The van der Waals surface area contributed by atoms with Gasteiger partial charge in [0.1, 0.15) is 0 Å². The van der Waals surface area contributed by atoms with Gasteiger partial charge in [-0.25, -0.2) is 0 Å². The van der Waals surface area contributed by atoms with Crippen molar-refractivity contribution in [1.29, 1.82) is 0 Å². The Kier molecular flexibility index (Phi) is 3.79. The number of ether oxygens (including phenoxy) is 1. The van der Waals surface area contributed by atoms with Crippen LogP contribution in [0.1, 0.15) is 17.9 Å². The van der Waals surface area contributed by atoms with Crippen LogP contribution in [0.3, 0.4) is 0 Å². The lowest BCUT2D eigenvalue weighted by atomic mass is 9.81. The van der Waals surface area contributed by atoms with Gasteiger partial charge in [-0.15, -0.1) is 0 Å². The van der Waals surface area contributed by atoms with E-state index < -0.39 is 0 Å². The highest BCUT2D eigenvalue weighted by molar-refractivity contribution is 5.73. The van der Waals surface area contributed by atoms with Crippen molar-refractivity contribution in [2.75, 3.05) is 27.2 Å². The highest BCUT2D eigenvalue weighted by Crippen LogP contribution is 2.32. The normalized spacial score (nSPS) is 25.5. The van der Waals surface area contributed by atoms with Gasteiger partial charge in [0, 0.05) is 12.5 Å². The van der Waals surface area contributed by atoms with Crippen LogP contribution in [0.4, 0.5) is 0 Å². The quantitative estimate of drug-likeness (QED) is 0.731. The molecule has 1 fully saturated rings. The van der Waals surface area contributed by atoms with Crippen molar-refractivity contribution in [2.24, 2.45) is 5.92 Å². The maximum absolute atomic E-state index is 11.8. The average molecular weight is 233 g/mol. The van der Waals surface area contributed by atoms with Gasteiger partial charge in [-0.2, -0.15) is 0 Å². The van der Waals surface area contributed by atoms with Crippen molar-refractivity contribution in [3.05, 3.63) is 35.9 Å². The summed E-state index contributed by atoms with van der Waals surface area (Å²) in [6, 6.07) is 10.2. The first kappa shape index (κ1) is 12.1. The van der Waals surface area contributed by atoms with Crippen LogP contribution in [-0.2, 0) is 9.53 Å². The van der Waals surface area contributed by atoms with Crippen molar-refractivity contribution in [2.45, 2.75) is 12.3 Å². The number of nitrogens with zero attached hydrogens (tertiary/aromatic N) is 1. The molecule has 3 nitrogen and oxygen atoms in total. The molecule has 0 aromatic heterocycles. The van der Waals surface area contributed by atoms with Crippen LogP contribution in [0.2, 0.25) is 0 Å². The molecule has 3 heteroatoms. The second kappa shape index (κ2) is 5.32. The molecule has 0 N–H and O–H groups in total. The highest BCUT2D eigenvalue weighted by atomic mass is 16.5. The van der Waals surface area contributed by atoms with E-state index in [0.717, 1.165) is 19.5 Å². The van der Waals surface area contributed by atoms with Crippen molar-refractivity contribution in [3.63, 3.8) is 0 Å². The smallest absolute Gasteiger partial charge is 0.309 e. The maximum Gasteiger partial charge on any atom is 0.309 e. The van der Waals surface area contributed by atoms with E-state index >= 15 is 0 Å². The molecule has 1 saturated heterocycles. The fourth-order valence-electron chi connectivity index (χ4n) is 2.59. The third-order valence-electron chi connectivity index (χ3n) is 3.55. The van der Waals surface area contributed by atoms with E-state index in [0.29, 0.717) is 0 Å². The standard InChI is InChI=1S/C14H19NO2/c1-15-9-8-12(14(16)17-2)13(10-15)11-6-4-3-5-7-11/h3-7,12-13H,8-10H2,1-2H3/t12-,13+/m1/s1. The van der Waals surface area contributed by atoms with Crippen molar-refractivity contribution < 1.29 is 9.53 Å². The Morgan fingerprint density at radius 1 is 1.35 bits per heavy atom. The molecule has 2 rings (SSSR count). The molecule has 17 heavy (non-hydrogen) atoms. The number of rotatable bonds is 2. The lowest BCUT2D eigenvalue weighted by Crippen LogP contribution is -2.40. The SMILES string of the molecule is COC(=O)[C@@H]1CCN(C)C[C@H]1c1ccccc1. The van der Waals surface area contributed by atoms with Gasteiger partial charge in [0.15, 0.2) is 0 Å². The number of carbonyl (C=O) groups is 1. The van der Waals surface area contributed by atoms with Gasteiger partial charge < -0.3 is 9.64 Å². The minimum atomic E-state index is -0.0769. The molecular weight excluding hydrogens is 214 g/mol. The molecule has 0 spiro atoms. The summed E-state index contributed by atoms with van der Waals surface area (Å²) in [5.74, 6) is 0.174. The minimum absolute atomic E-state index is 0.00130. The molecule has 0 bridgehead atoms. The fourth-order valence-corrected chi connectivity index (χ4v) is 2.59. The van der Waals surface area contributed by atoms with Gasteiger partial charge in [-0.05, 0) is 25.6 Å². The average Bonchev–Trinajstić information content (AvgIpc) is 2.39. The Hall–Kier alpha value is -1.35. The fraction of sp³-hybridized carbons (Fsp3) is 0.500. The molecule has 2 atom stereocenters. The number of benzene rings is 1. The van der Waals surface area contributed by atoms with E-state index in [-0.39, 0.29) is 17.8 Å².